The third-order valence-corrected chi connectivity index (χ3v) is 5.12. The second-order valence-electron chi connectivity index (χ2n) is 5.96. The molecule has 0 bridgehead atoms. The number of aromatic nitrogens is 3. The predicted octanol–water partition coefficient (Wildman–Crippen LogP) is 3.48. The maximum absolute atomic E-state index is 13.9. The first kappa shape index (κ1) is 18.9. The fourth-order valence-corrected chi connectivity index (χ4v) is 3.23. The molecule has 0 fully saturated rings. The number of aryl methyl sites for hydroxylation is 1. The Hall–Kier alpha value is -2.87. The Morgan fingerprint density at radius 3 is 2.59 bits per heavy atom. The van der Waals surface area contributed by atoms with Crippen LogP contribution in [-0.4, -0.2) is 26.0 Å². The molecule has 0 aliphatic carbocycles. The molecule has 0 unspecified atom stereocenters. The molecule has 140 valence electrons. The van der Waals surface area contributed by atoms with E-state index in [-0.39, 0.29) is 17.3 Å². The lowest BCUT2D eigenvalue weighted by molar-refractivity contribution is -0.115. The van der Waals surface area contributed by atoms with E-state index in [1.165, 1.54) is 16.3 Å². The zero-order valence-corrected chi connectivity index (χ0v) is 15.8. The minimum absolute atomic E-state index is 0.181. The Balaban J connectivity index is 1.69. The van der Waals surface area contributed by atoms with Gasteiger partial charge in [-0.25, -0.2) is 9.07 Å². The largest absolute Gasteiger partial charge is 0.335 e. The normalized spacial score (nSPS) is 12.0. The number of hydrogen-bond acceptors (Lipinski definition) is 5. The van der Waals surface area contributed by atoms with Crippen LogP contribution < -0.4 is 11.2 Å². The number of nitrogens with zero attached hydrogens (tertiary/aromatic N) is 3. The zero-order chi connectivity index (χ0) is 19.4. The van der Waals surface area contributed by atoms with E-state index in [1.807, 2.05) is 24.3 Å². The van der Waals surface area contributed by atoms with Crippen molar-refractivity contribution >= 4 is 23.4 Å². The van der Waals surface area contributed by atoms with Crippen LogP contribution in [0.1, 0.15) is 19.4 Å². The first-order valence-corrected chi connectivity index (χ1v) is 9.39. The fraction of sp³-hybridized carbons (Fsp3) is 0.211. The van der Waals surface area contributed by atoms with Gasteiger partial charge in [0.25, 0.3) is 0 Å². The van der Waals surface area contributed by atoms with Gasteiger partial charge in [-0.1, -0.05) is 43.0 Å². The van der Waals surface area contributed by atoms with Crippen LogP contribution in [0, 0.1) is 5.82 Å². The van der Waals surface area contributed by atoms with E-state index in [9.17, 15) is 9.18 Å². The van der Waals surface area contributed by atoms with E-state index in [4.69, 9.17) is 5.84 Å². The summed E-state index contributed by atoms with van der Waals surface area (Å²) in [5.74, 6) is 5.60. The van der Waals surface area contributed by atoms with Crippen molar-refractivity contribution in [3.05, 3.63) is 59.9 Å². The number of benzene rings is 2. The van der Waals surface area contributed by atoms with Gasteiger partial charge in [-0.2, -0.15) is 0 Å². The maximum atomic E-state index is 13.9. The van der Waals surface area contributed by atoms with Crippen LogP contribution in [0.2, 0.25) is 0 Å². The Bertz CT molecular complexity index is 942. The number of amides is 1. The second kappa shape index (κ2) is 8.22. The van der Waals surface area contributed by atoms with E-state index < -0.39 is 11.1 Å². The average molecular weight is 385 g/mol. The van der Waals surface area contributed by atoms with Crippen molar-refractivity contribution in [3.8, 4) is 11.4 Å². The number of rotatable bonds is 6. The first-order valence-electron chi connectivity index (χ1n) is 8.51. The summed E-state index contributed by atoms with van der Waals surface area (Å²) in [6.45, 7) is 3.82. The topological polar surface area (TPSA) is 85.8 Å². The van der Waals surface area contributed by atoms with Crippen molar-refractivity contribution in [2.45, 2.75) is 30.7 Å². The molecule has 1 heterocycles. The predicted molar refractivity (Wildman–Crippen MR) is 105 cm³/mol. The minimum Gasteiger partial charge on any atom is -0.335 e. The number of hydrogen-bond donors (Lipinski definition) is 2. The third kappa shape index (κ3) is 4.28. The highest BCUT2D eigenvalue weighted by Crippen LogP contribution is 2.26. The summed E-state index contributed by atoms with van der Waals surface area (Å²) in [4.78, 5) is 12.4. The van der Waals surface area contributed by atoms with Gasteiger partial charge in [0, 0.05) is 5.69 Å². The smallest absolute Gasteiger partial charge is 0.237 e. The molecule has 2 aromatic carbocycles. The molecule has 0 aliphatic heterocycles. The SMILES string of the molecule is CCc1ccc(NC(=O)[C@@H](C)Sc2nnc(-c3ccccc3F)n2N)cc1. The molecule has 3 rings (SSSR count). The first-order chi connectivity index (χ1) is 13.0. The quantitative estimate of drug-likeness (QED) is 0.501. The summed E-state index contributed by atoms with van der Waals surface area (Å²) in [5.41, 5.74) is 2.19. The molecule has 3 N–H and O–H groups in total. The highest BCUT2D eigenvalue weighted by Gasteiger charge is 2.21. The highest BCUT2D eigenvalue weighted by atomic mass is 32.2. The number of halogens is 1. The van der Waals surface area contributed by atoms with Crippen LogP contribution in [0.15, 0.2) is 53.7 Å². The molecule has 0 saturated heterocycles. The molecule has 1 aromatic heterocycles. The molecule has 3 aromatic rings. The summed E-state index contributed by atoms with van der Waals surface area (Å²) < 4.78 is 15.1. The number of nitrogen functional groups attached to an aromatic ring is 1. The third-order valence-electron chi connectivity index (χ3n) is 4.06. The fourth-order valence-electron chi connectivity index (χ4n) is 2.46. The van der Waals surface area contributed by atoms with Crippen molar-refractivity contribution < 1.29 is 9.18 Å². The molecular weight excluding hydrogens is 365 g/mol. The van der Waals surface area contributed by atoms with E-state index in [0.29, 0.717) is 5.16 Å². The summed E-state index contributed by atoms with van der Waals surface area (Å²) in [6.07, 6.45) is 0.941. The Morgan fingerprint density at radius 2 is 1.93 bits per heavy atom. The van der Waals surface area contributed by atoms with Crippen LogP contribution in [-0.2, 0) is 11.2 Å². The van der Waals surface area contributed by atoms with E-state index >= 15 is 0 Å². The lowest BCUT2D eigenvalue weighted by atomic mass is 10.1. The van der Waals surface area contributed by atoms with Crippen LogP contribution in [0.25, 0.3) is 11.4 Å². The summed E-state index contributed by atoms with van der Waals surface area (Å²) in [5, 5.41) is 10.7. The van der Waals surface area contributed by atoms with Gasteiger partial charge in [0.2, 0.25) is 11.1 Å². The molecule has 8 heteroatoms. The molecular formula is C19H20FN5OS. The van der Waals surface area contributed by atoms with Gasteiger partial charge in [-0.15, -0.1) is 10.2 Å². The number of nitrogens with one attached hydrogen (secondary N) is 1. The molecule has 6 nitrogen and oxygen atoms in total. The van der Waals surface area contributed by atoms with Crippen LogP contribution in [0.4, 0.5) is 10.1 Å². The second-order valence-corrected chi connectivity index (χ2v) is 7.26. The van der Waals surface area contributed by atoms with Gasteiger partial charge in [0.15, 0.2) is 5.82 Å². The number of anilines is 1. The Kier molecular flexibility index (Phi) is 5.75. The average Bonchev–Trinajstić information content (AvgIpc) is 3.03. The van der Waals surface area contributed by atoms with E-state index in [2.05, 4.69) is 22.4 Å². The molecule has 0 radical (unpaired) electrons. The lowest BCUT2D eigenvalue weighted by Crippen LogP contribution is -2.23. The molecule has 1 amide bonds. The van der Waals surface area contributed by atoms with Crippen LogP contribution >= 0.6 is 11.8 Å². The van der Waals surface area contributed by atoms with Crippen LogP contribution in [0.3, 0.4) is 0 Å². The number of carbonyl (C=O) groups excluding carboxylic acids is 1. The van der Waals surface area contributed by atoms with Crippen LogP contribution in [0.5, 0.6) is 0 Å². The zero-order valence-electron chi connectivity index (χ0n) is 15.0. The molecule has 0 saturated carbocycles. The summed E-state index contributed by atoms with van der Waals surface area (Å²) >= 11 is 1.16. The monoisotopic (exact) mass is 385 g/mol. The standard InChI is InChI=1S/C19H20FN5OS/c1-3-13-8-10-14(11-9-13)22-18(26)12(2)27-19-24-23-17(25(19)21)15-6-4-5-7-16(15)20/h4-12H,3,21H2,1-2H3,(H,22,26)/t12-/m1/s1. The van der Waals surface area contributed by atoms with E-state index in [1.54, 1.807) is 25.1 Å². The van der Waals surface area contributed by atoms with Gasteiger partial charge >= 0.3 is 0 Å². The minimum atomic E-state index is -0.462. The summed E-state index contributed by atoms with van der Waals surface area (Å²) in [7, 11) is 0. The van der Waals surface area contributed by atoms with Crippen molar-refractivity contribution in [2.24, 2.45) is 0 Å². The molecule has 0 spiro atoms. The highest BCUT2D eigenvalue weighted by molar-refractivity contribution is 8.00. The number of nitrogens with two attached hydrogens (primary N) is 1. The molecule has 0 aliphatic rings. The Labute approximate surface area is 161 Å². The van der Waals surface area contributed by atoms with Crippen molar-refractivity contribution in [3.63, 3.8) is 0 Å². The number of thioether (sulfide) groups is 1. The van der Waals surface area contributed by atoms with Gasteiger partial charge in [-0.3, -0.25) is 4.79 Å². The molecule has 1 atom stereocenters. The maximum Gasteiger partial charge on any atom is 0.237 e. The molecule has 27 heavy (non-hydrogen) atoms. The van der Waals surface area contributed by atoms with E-state index in [0.717, 1.165) is 23.9 Å². The Morgan fingerprint density at radius 1 is 1.22 bits per heavy atom. The number of carbonyl (C=O) groups is 1. The van der Waals surface area contributed by atoms with Crippen molar-refractivity contribution in [1.82, 2.24) is 14.9 Å². The van der Waals surface area contributed by atoms with Gasteiger partial charge in [0.05, 0.1) is 10.8 Å². The van der Waals surface area contributed by atoms with Gasteiger partial charge in [0.1, 0.15) is 5.82 Å². The van der Waals surface area contributed by atoms with Gasteiger partial charge < -0.3 is 11.2 Å². The van der Waals surface area contributed by atoms with Crippen molar-refractivity contribution in [2.75, 3.05) is 11.2 Å². The van der Waals surface area contributed by atoms with Crippen molar-refractivity contribution in [1.29, 1.82) is 0 Å². The lowest BCUT2D eigenvalue weighted by Gasteiger charge is -2.12. The summed E-state index contributed by atoms with van der Waals surface area (Å²) in [6, 6.07) is 13.9. The van der Waals surface area contributed by atoms with Gasteiger partial charge in [-0.05, 0) is 43.2 Å².